The van der Waals surface area contributed by atoms with Crippen molar-refractivity contribution in [3.05, 3.63) is 77.7 Å². The van der Waals surface area contributed by atoms with Gasteiger partial charge in [-0.2, -0.15) is 4.31 Å². The number of fused-ring (bicyclic) bond motifs is 1. The summed E-state index contributed by atoms with van der Waals surface area (Å²) in [5, 5.41) is 7.43. The fourth-order valence-corrected chi connectivity index (χ4v) is 6.11. The molecule has 7 nitrogen and oxygen atoms in total. The van der Waals surface area contributed by atoms with Gasteiger partial charge in [0.1, 0.15) is 0 Å². The molecule has 0 radical (unpaired) electrons. The van der Waals surface area contributed by atoms with Gasteiger partial charge in [0.15, 0.2) is 5.13 Å². The number of sulfonamides is 1. The van der Waals surface area contributed by atoms with E-state index in [1.807, 2.05) is 29.6 Å². The number of aromatic nitrogens is 1. The highest BCUT2D eigenvalue weighted by Gasteiger charge is 2.26. The Morgan fingerprint density at radius 2 is 1.89 bits per heavy atom. The van der Waals surface area contributed by atoms with E-state index in [0.717, 1.165) is 34.9 Å². The molecule has 180 valence electrons. The van der Waals surface area contributed by atoms with Crippen LogP contribution in [0.3, 0.4) is 0 Å². The van der Waals surface area contributed by atoms with Gasteiger partial charge in [0.25, 0.3) is 5.91 Å². The molecule has 1 N–H and O–H groups in total. The Kier molecular flexibility index (Phi) is 6.66. The number of hydrogen-bond acceptors (Lipinski definition) is 6. The number of carbonyl (C=O) groups is 1. The summed E-state index contributed by atoms with van der Waals surface area (Å²) in [6, 6.07) is 20.1. The number of likely N-dealkylation sites (N-methyl/N-ethyl adjacent to an activating group) is 1. The first-order valence-corrected chi connectivity index (χ1v) is 13.7. The third-order valence-corrected chi connectivity index (χ3v) is 8.69. The minimum atomic E-state index is -3.66. The molecule has 1 atom stereocenters. The Hall–Kier alpha value is -3.11. The number of hydrogen-bond donors (Lipinski definition) is 1. The van der Waals surface area contributed by atoms with Crippen LogP contribution in [0.15, 0.2) is 77.0 Å². The molecule has 1 fully saturated rings. The molecule has 5 rings (SSSR count). The second-order valence-electron chi connectivity index (χ2n) is 8.46. The Balaban J connectivity index is 1.28. The SMILES string of the molecule is CN(CC1CCCO1)S(=O)(=O)c1ccc(C(=O)Nc2nc(-c3cccc4ccccc34)cs2)cc1. The monoisotopic (exact) mass is 507 g/mol. The number of ether oxygens (including phenoxy) is 1. The Bertz CT molecular complexity index is 1450. The van der Waals surface area contributed by atoms with Crippen molar-refractivity contribution in [2.45, 2.75) is 23.8 Å². The molecule has 1 unspecified atom stereocenters. The van der Waals surface area contributed by atoms with Crippen LogP contribution in [0.5, 0.6) is 0 Å². The van der Waals surface area contributed by atoms with E-state index in [0.29, 0.717) is 23.8 Å². The number of nitrogens with one attached hydrogen (secondary N) is 1. The highest BCUT2D eigenvalue weighted by atomic mass is 32.2. The molecule has 0 spiro atoms. The van der Waals surface area contributed by atoms with E-state index in [1.165, 1.54) is 39.9 Å². The van der Waals surface area contributed by atoms with Crippen molar-refractivity contribution >= 4 is 43.2 Å². The summed E-state index contributed by atoms with van der Waals surface area (Å²) >= 11 is 1.34. The van der Waals surface area contributed by atoms with Crippen molar-refractivity contribution in [3.63, 3.8) is 0 Å². The number of rotatable bonds is 7. The first-order valence-electron chi connectivity index (χ1n) is 11.3. The lowest BCUT2D eigenvalue weighted by Crippen LogP contribution is -2.34. The molecule has 1 aliphatic rings. The maximum Gasteiger partial charge on any atom is 0.257 e. The first-order chi connectivity index (χ1) is 16.9. The fourth-order valence-electron chi connectivity index (χ4n) is 4.20. The summed E-state index contributed by atoms with van der Waals surface area (Å²) in [6.45, 7) is 0.985. The Labute approximate surface area is 208 Å². The van der Waals surface area contributed by atoms with Gasteiger partial charge in [0.2, 0.25) is 10.0 Å². The maximum atomic E-state index is 12.9. The molecular formula is C26H25N3O4S2. The van der Waals surface area contributed by atoms with Gasteiger partial charge in [-0.3, -0.25) is 10.1 Å². The molecule has 3 aromatic carbocycles. The van der Waals surface area contributed by atoms with E-state index < -0.39 is 10.0 Å². The van der Waals surface area contributed by atoms with Crippen molar-refractivity contribution in [2.24, 2.45) is 0 Å². The summed E-state index contributed by atoms with van der Waals surface area (Å²) in [5.74, 6) is -0.347. The van der Waals surface area contributed by atoms with Gasteiger partial charge >= 0.3 is 0 Å². The molecule has 2 heterocycles. The van der Waals surface area contributed by atoms with E-state index in [9.17, 15) is 13.2 Å². The smallest absolute Gasteiger partial charge is 0.257 e. The van der Waals surface area contributed by atoms with E-state index in [-0.39, 0.29) is 16.9 Å². The molecule has 0 saturated carbocycles. The van der Waals surface area contributed by atoms with E-state index >= 15 is 0 Å². The molecule has 1 aromatic heterocycles. The number of benzene rings is 3. The Morgan fingerprint density at radius 3 is 2.66 bits per heavy atom. The van der Waals surface area contributed by atoms with Gasteiger partial charge in [-0.15, -0.1) is 11.3 Å². The van der Waals surface area contributed by atoms with Gasteiger partial charge in [0, 0.05) is 36.7 Å². The molecule has 0 bridgehead atoms. The van der Waals surface area contributed by atoms with Gasteiger partial charge in [-0.25, -0.2) is 13.4 Å². The quantitative estimate of drug-likeness (QED) is 0.380. The summed E-state index contributed by atoms with van der Waals surface area (Å²) < 4.78 is 32.6. The molecule has 9 heteroatoms. The van der Waals surface area contributed by atoms with E-state index in [4.69, 9.17) is 4.74 Å². The van der Waals surface area contributed by atoms with Crippen LogP contribution in [0.4, 0.5) is 5.13 Å². The predicted molar refractivity (Wildman–Crippen MR) is 138 cm³/mol. The van der Waals surface area contributed by atoms with Crippen molar-refractivity contribution in [2.75, 3.05) is 25.5 Å². The number of carbonyl (C=O) groups excluding carboxylic acids is 1. The van der Waals surface area contributed by atoms with E-state index in [2.05, 4.69) is 28.5 Å². The highest BCUT2D eigenvalue weighted by Crippen LogP contribution is 2.31. The highest BCUT2D eigenvalue weighted by molar-refractivity contribution is 7.89. The molecule has 1 saturated heterocycles. The summed E-state index contributed by atoms with van der Waals surface area (Å²) in [6.07, 6.45) is 1.74. The topological polar surface area (TPSA) is 88.6 Å². The molecule has 35 heavy (non-hydrogen) atoms. The van der Waals surface area contributed by atoms with Crippen LogP contribution < -0.4 is 5.32 Å². The van der Waals surface area contributed by atoms with Crippen molar-refractivity contribution in [1.29, 1.82) is 0 Å². The molecular weight excluding hydrogens is 482 g/mol. The molecule has 4 aromatic rings. The van der Waals surface area contributed by atoms with Crippen molar-refractivity contribution in [3.8, 4) is 11.3 Å². The number of thiazole rings is 1. The minimum absolute atomic E-state index is 0.0723. The fraction of sp³-hybridized carbons (Fsp3) is 0.231. The third-order valence-electron chi connectivity index (χ3n) is 6.10. The number of nitrogens with zero attached hydrogens (tertiary/aromatic N) is 2. The average molecular weight is 508 g/mol. The minimum Gasteiger partial charge on any atom is -0.377 e. The normalized spacial score (nSPS) is 16.1. The van der Waals surface area contributed by atoms with Gasteiger partial charge < -0.3 is 4.74 Å². The lowest BCUT2D eigenvalue weighted by molar-refractivity contribution is 0.0979. The summed E-state index contributed by atoms with van der Waals surface area (Å²) in [5.41, 5.74) is 2.15. The second-order valence-corrected chi connectivity index (χ2v) is 11.4. The Morgan fingerprint density at radius 1 is 1.11 bits per heavy atom. The van der Waals surface area contributed by atoms with Crippen LogP contribution in [0, 0.1) is 0 Å². The van der Waals surface area contributed by atoms with Gasteiger partial charge in [0.05, 0.1) is 16.7 Å². The van der Waals surface area contributed by atoms with Crippen LogP contribution in [0.25, 0.3) is 22.0 Å². The third kappa shape index (κ3) is 4.99. The van der Waals surface area contributed by atoms with Gasteiger partial charge in [-0.1, -0.05) is 42.5 Å². The van der Waals surface area contributed by atoms with Crippen LogP contribution in [-0.4, -0.2) is 49.9 Å². The maximum absolute atomic E-state index is 12.9. The zero-order chi connectivity index (χ0) is 24.4. The first kappa shape index (κ1) is 23.6. The number of amides is 1. The zero-order valence-corrected chi connectivity index (χ0v) is 20.8. The standard InChI is InChI=1S/C26H25N3O4S2/c1-29(16-20-8-5-15-33-20)35(31,32)21-13-11-19(12-14-21)25(30)28-26-27-24(17-34-26)23-10-4-7-18-6-2-3-9-22(18)23/h2-4,6-7,9-14,17,20H,5,8,15-16H2,1H3,(H,27,28,30). The van der Waals surface area contributed by atoms with Crippen LogP contribution in [-0.2, 0) is 14.8 Å². The zero-order valence-electron chi connectivity index (χ0n) is 19.2. The van der Waals surface area contributed by atoms with Gasteiger partial charge in [-0.05, 0) is 47.9 Å². The predicted octanol–water partition coefficient (Wildman–Crippen LogP) is 5.02. The van der Waals surface area contributed by atoms with Crippen molar-refractivity contribution < 1.29 is 17.9 Å². The largest absolute Gasteiger partial charge is 0.377 e. The average Bonchev–Trinajstić information content (AvgIpc) is 3.56. The number of anilines is 1. The lowest BCUT2D eigenvalue weighted by atomic mass is 10.0. The lowest BCUT2D eigenvalue weighted by Gasteiger charge is -2.20. The van der Waals surface area contributed by atoms with Crippen LogP contribution in [0.2, 0.25) is 0 Å². The van der Waals surface area contributed by atoms with Crippen LogP contribution >= 0.6 is 11.3 Å². The molecule has 1 amide bonds. The molecule has 1 aliphatic heterocycles. The van der Waals surface area contributed by atoms with Crippen molar-refractivity contribution in [1.82, 2.24) is 9.29 Å². The van der Waals surface area contributed by atoms with Crippen LogP contribution in [0.1, 0.15) is 23.2 Å². The second kappa shape index (κ2) is 9.87. The summed E-state index contributed by atoms with van der Waals surface area (Å²) in [7, 11) is -2.11. The molecule has 0 aliphatic carbocycles. The summed E-state index contributed by atoms with van der Waals surface area (Å²) in [4.78, 5) is 17.5. The van der Waals surface area contributed by atoms with E-state index in [1.54, 1.807) is 7.05 Å².